The number of piperazine rings is 1. The Balaban J connectivity index is 2.20. The Kier molecular flexibility index (Phi) is 2.68. The van der Waals surface area contributed by atoms with Crippen LogP contribution in [0.2, 0.25) is 0 Å². The number of rotatable bonds is 1. The van der Waals surface area contributed by atoms with Crippen LogP contribution in [0.4, 0.5) is 5.82 Å². The van der Waals surface area contributed by atoms with Crippen LogP contribution >= 0.6 is 0 Å². The summed E-state index contributed by atoms with van der Waals surface area (Å²) in [6.45, 7) is 7.50. The monoisotopic (exact) mass is 191 g/mol. The quantitative estimate of drug-likeness (QED) is 0.722. The largest absolute Gasteiger partial charge is 0.351 e. The topological polar surface area (TPSA) is 28.2 Å². The van der Waals surface area contributed by atoms with Crippen molar-refractivity contribution in [3.05, 3.63) is 23.9 Å². The molecular weight excluding hydrogens is 174 g/mol. The molecule has 14 heavy (non-hydrogen) atoms. The highest BCUT2D eigenvalue weighted by Crippen LogP contribution is 2.15. The lowest BCUT2D eigenvalue weighted by atomic mass is 10.2. The zero-order valence-corrected chi connectivity index (χ0v) is 8.83. The molecule has 0 saturated carbocycles. The number of aromatic nitrogens is 1. The number of anilines is 1. The molecule has 0 aliphatic carbocycles. The van der Waals surface area contributed by atoms with Crippen LogP contribution in [0.15, 0.2) is 18.3 Å². The average Bonchev–Trinajstić information content (AvgIpc) is 2.18. The van der Waals surface area contributed by atoms with E-state index < -0.39 is 0 Å². The summed E-state index contributed by atoms with van der Waals surface area (Å²) in [6.07, 6.45) is 1.89. The zero-order valence-electron chi connectivity index (χ0n) is 8.83. The number of hydrogen-bond donors (Lipinski definition) is 1. The molecule has 1 aromatic heterocycles. The molecule has 1 aliphatic heterocycles. The maximum Gasteiger partial charge on any atom is 0.129 e. The highest BCUT2D eigenvalue weighted by molar-refractivity contribution is 5.42. The highest BCUT2D eigenvalue weighted by Gasteiger charge is 2.18. The summed E-state index contributed by atoms with van der Waals surface area (Å²) in [5.74, 6) is 1.11. The van der Waals surface area contributed by atoms with Gasteiger partial charge in [0.05, 0.1) is 0 Å². The van der Waals surface area contributed by atoms with E-state index in [4.69, 9.17) is 0 Å². The molecule has 3 nitrogen and oxygen atoms in total. The van der Waals surface area contributed by atoms with E-state index in [0.717, 1.165) is 25.5 Å². The van der Waals surface area contributed by atoms with Gasteiger partial charge in [-0.15, -0.1) is 0 Å². The number of nitrogens with one attached hydrogen (secondary N) is 1. The standard InChI is InChI=1S/C11H17N3/c1-9-3-4-13-11(7-9)14-6-5-12-8-10(14)2/h3-4,7,10,12H,5-6,8H2,1-2H3/t10-/m1/s1. The molecule has 1 aliphatic rings. The van der Waals surface area contributed by atoms with E-state index in [9.17, 15) is 0 Å². The third kappa shape index (κ3) is 1.87. The molecule has 0 aromatic carbocycles. The van der Waals surface area contributed by atoms with Gasteiger partial charge in [0.1, 0.15) is 5.82 Å². The Bertz CT molecular complexity index is 311. The van der Waals surface area contributed by atoms with Gasteiger partial charge in [0, 0.05) is 31.9 Å². The molecule has 0 unspecified atom stereocenters. The molecule has 1 saturated heterocycles. The van der Waals surface area contributed by atoms with Crippen molar-refractivity contribution in [3.63, 3.8) is 0 Å². The molecule has 76 valence electrons. The Labute approximate surface area is 85.1 Å². The Morgan fingerprint density at radius 3 is 3.14 bits per heavy atom. The van der Waals surface area contributed by atoms with Crippen LogP contribution in [-0.2, 0) is 0 Å². The second-order valence-electron chi connectivity index (χ2n) is 3.94. The summed E-state index contributed by atoms with van der Waals surface area (Å²) >= 11 is 0. The van der Waals surface area contributed by atoms with E-state index in [1.165, 1.54) is 5.56 Å². The van der Waals surface area contributed by atoms with Crippen molar-refractivity contribution in [2.24, 2.45) is 0 Å². The lowest BCUT2D eigenvalue weighted by Gasteiger charge is -2.35. The van der Waals surface area contributed by atoms with Gasteiger partial charge in [0.2, 0.25) is 0 Å². The number of pyridine rings is 1. The lowest BCUT2D eigenvalue weighted by molar-refractivity contribution is 0.497. The van der Waals surface area contributed by atoms with Crippen molar-refractivity contribution in [1.82, 2.24) is 10.3 Å². The molecule has 3 heteroatoms. The van der Waals surface area contributed by atoms with Crippen molar-refractivity contribution in [3.8, 4) is 0 Å². The molecule has 0 radical (unpaired) electrons. The van der Waals surface area contributed by atoms with E-state index in [2.05, 4.69) is 35.1 Å². The van der Waals surface area contributed by atoms with E-state index >= 15 is 0 Å². The third-order valence-electron chi connectivity index (χ3n) is 2.70. The molecular formula is C11H17N3. The normalized spacial score (nSPS) is 22.4. The summed E-state index contributed by atoms with van der Waals surface area (Å²) in [4.78, 5) is 6.78. The van der Waals surface area contributed by atoms with Crippen LogP contribution in [0, 0.1) is 6.92 Å². The minimum Gasteiger partial charge on any atom is -0.351 e. The molecule has 0 spiro atoms. The molecule has 1 atom stereocenters. The van der Waals surface area contributed by atoms with Crippen LogP contribution < -0.4 is 10.2 Å². The second-order valence-corrected chi connectivity index (χ2v) is 3.94. The fraction of sp³-hybridized carbons (Fsp3) is 0.545. The molecule has 0 bridgehead atoms. The SMILES string of the molecule is Cc1ccnc(N2CCNC[C@H]2C)c1. The maximum absolute atomic E-state index is 4.41. The van der Waals surface area contributed by atoms with Crippen molar-refractivity contribution in [2.75, 3.05) is 24.5 Å². The summed E-state index contributed by atoms with van der Waals surface area (Å²) < 4.78 is 0. The number of nitrogens with zero attached hydrogens (tertiary/aromatic N) is 2. The van der Waals surface area contributed by atoms with Gasteiger partial charge in [-0.1, -0.05) is 0 Å². The molecule has 1 fully saturated rings. The Morgan fingerprint density at radius 2 is 2.43 bits per heavy atom. The summed E-state index contributed by atoms with van der Waals surface area (Å²) in [6, 6.07) is 4.73. The Hall–Kier alpha value is -1.09. The summed E-state index contributed by atoms with van der Waals surface area (Å²) in [7, 11) is 0. The van der Waals surface area contributed by atoms with Gasteiger partial charge in [0.15, 0.2) is 0 Å². The predicted octanol–water partition coefficient (Wildman–Crippen LogP) is 1.19. The minimum atomic E-state index is 0.540. The Morgan fingerprint density at radius 1 is 1.57 bits per heavy atom. The minimum absolute atomic E-state index is 0.540. The van der Waals surface area contributed by atoms with Crippen molar-refractivity contribution in [2.45, 2.75) is 19.9 Å². The number of hydrogen-bond acceptors (Lipinski definition) is 3. The van der Waals surface area contributed by atoms with Crippen molar-refractivity contribution < 1.29 is 0 Å². The zero-order chi connectivity index (χ0) is 9.97. The molecule has 2 heterocycles. The molecule has 1 aromatic rings. The molecule has 1 N–H and O–H groups in total. The van der Waals surface area contributed by atoms with Gasteiger partial charge in [-0.3, -0.25) is 0 Å². The van der Waals surface area contributed by atoms with Crippen LogP contribution in [-0.4, -0.2) is 30.7 Å². The number of aryl methyl sites for hydroxylation is 1. The van der Waals surface area contributed by atoms with Gasteiger partial charge in [-0.25, -0.2) is 4.98 Å². The first kappa shape index (κ1) is 9.46. The van der Waals surface area contributed by atoms with Crippen molar-refractivity contribution in [1.29, 1.82) is 0 Å². The van der Waals surface area contributed by atoms with Gasteiger partial charge >= 0.3 is 0 Å². The smallest absolute Gasteiger partial charge is 0.129 e. The van der Waals surface area contributed by atoms with Crippen LogP contribution in [0.25, 0.3) is 0 Å². The van der Waals surface area contributed by atoms with Crippen LogP contribution in [0.3, 0.4) is 0 Å². The molecule has 2 rings (SSSR count). The maximum atomic E-state index is 4.41. The lowest BCUT2D eigenvalue weighted by Crippen LogP contribution is -2.50. The molecule has 0 amide bonds. The fourth-order valence-electron chi connectivity index (χ4n) is 1.86. The predicted molar refractivity (Wildman–Crippen MR) is 58.7 cm³/mol. The van der Waals surface area contributed by atoms with Gasteiger partial charge in [-0.05, 0) is 31.5 Å². The van der Waals surface area contributed by atoms with Crippen LogP contribution in [0.5, 0.6) is 0 Å². The van der Waals surface area contributed by atoms with Gasteiger partial charge in [0.25, 0.3) is 0 Å². The van der Waals surface area contributed by atoms with E-state index in [0.29, 0.717) is 6.04 Å². The summed E-state index contributed by atoms with van der Waals surface area (Å²) in [5.41, 5.74) is 1.28. The summed E-state index contributed by atoms with van der Waals surface area (Å²) in [5, 5.41) is 3.38. The second kappa shape index (κ2) is 3.96. The first-order chi connectivity index (χ1) is 6.77. The van der Waals surface area contributed by atoms with Gasteiger partial charge in [-0.2, -0.15) is 0 Å². The van der Waals surface area contributed by atoms with E-state index in [-0.39, 0.29) is 0 Å². The highest BCUT2D eigenvalue weighted by atomic mass is 15.3. The first-order valence-electron chi connectivity index (χ1n) is 5.17. The van der Waals surface area contributed by atoms with Crippen molar-refractivity contribution >= 4 is 5.82 Å². The average molecular weight is 191 g/mol. The van der Waals surface area contributed by atoms with Crippen LogP contribution in [0.1, 0.15) is 12.5 Å². The van der Waals surface area contributed by atoms with E-state index in [1.54, 1.807) is 0 Å². The third-order valence-corrected chi connectivity index (χ3v) is 2.70. The first-order valence-corrected chi connectivity index (χ1v) is 5.17. The van der Waals surface area contributed by atoms with Gasteiger partial charge < -0.3 is 10.2 Å². The fourth-order valence-corrected chi connectivity index (χ4v) is 1.86. The van der Waals surface area contributed by atoms with E-state index in [1.807, 2.05) is 12.3 Å².